The number of aryl methyl sites for hydroxylation is 1. The molecule has 4 aromatic rings. The summed E-state index contributed by atoms with van der Waals surface area (Å²) in [7, 11) is -3.98. The summed E-state index contributed by atoms with van der Waals surface area (Å²) in [6, 6.07) is 32.4. The molecule has 0 aliphatic heterocycles. The van der Waals surface area contributed by atoms with Gasteiger partial charge in [0, 0.05) is 11.6 Å². The number of carbonyl (C=O) groups is 1. The van der Waals surface area contributed by atoms with Gasteiger partial charge in [-0.3, -0.25) is 4.79 Å². The molecule has 0 unspecified atom stereocenters. The van der Waals surface area contributed by atoms with Crippen molar-refractivity contribution >= 4 is 27.5 Å². The molecule has 0 saturated carbocycles. The average molecular weight is 519 g/mol. The molecule has 0 atom stereocenters. The number of nitrogens with one attached hydrogen (secondary N) is 1. The number of hydrogen-bond donors (Lipinski definition) is 1. The minimum absolute atomic E-state index is 0.0371. The number of halogens is 1. The summed E-state index contributed by atoms with van der Waals surface area (Å²) in [6.07, 6.45) is 0. The van der Waals surface area contributed by atoms with Crippen LogP contribution >= 0.6 is 11.6 Å². The minimum Gasteiger partial charge on any atom is -0.344 e. The smallest absolute Gasteiger partial charge is 0.243 e. The highest BCUT2D eigenvalue weighted by molar-refractivity contribution is 7.89. The molecule has 0 spiro atoms. The molecule has 0 aliphatic carbocycles. The van der Waals surface area contributed by atoms with Crippen LogP contribution in [0.1, 0.15) is 28.3 Å². The lowest BCUT2D eigenvalue weighted by molar-refractivity contribution is -0.121. The molecule has 5 nitrogen and oxygen atoms in total. The highest BCUT2D eigenvalue weighted by Crippen LogP contribution is 2.24. The summed E-state index contributed by atoms with van der Waals surface area (Å²) in [5, 5.41) is 3.47. The van der Waals surface area contributed by atoms with Crippen LogP contribution in [0.3, 0.4) is 0 Å². The van der Waals surface area contributed by atoms with Gasteiger partial charge in [-0.15, -0.1) is 0 Å². The van der Waals surface area contributed by atoms with Crippen LogP contribution in [0.25, 0.3) is 0 Å². The second-order valence-corrected chi connectivity index (χ2v) is 10.8. The van der Waals surface area contributed by atoms with Crippen LogP contribution in [-0.2, 0) is 21.4 Å². The average Bonchev–Trinajstić information content (AvgIpc) is 2.89. The molecule has 0 radical (unpaired) electrons. The van der Waals surface area contributed by atoms with E-state index in [0.29, 0.717) is 10.6 Å². The zero-order valence-electron chi connectivity index (χ0n) is 19.8. The van der Waals surface area contributed by atoms with E-state index in [1.54, 1.807) is 48.5 Å². The maximum atomic E-state index is 13.6. The van der Waals surface area contributed by atoms with Gasteiger partial charge in [-0.05, 0) is 41.8 Å². The highest BCUT2D eigenvalue weighted by atomic mass is 35.5. The Morgan fingerprint density at radius 1 is 0.806 bits per heavy atom. The van der Waals surface area contributed by atoms with Crippen molar-refractivity contribution in [3.8, 4) is 0 Å². The monoisotopic (exact) mass is 518 g/mol. The standard InChI is InChI=1S/C29H27ClN2O3S/c1-22-16-18-26(19-17-22)36(34,35)32(20-25-14-8-9-15-27(25)30)21-28(33)31-29(23-10-4-2-5-11-23)24-12-6-3-7-13-24/h2-19,29H,20-21H2,1H3,(H,31,33). The van der Waals surface area contributed by atoms with E-state index in [4.69, 9.17) is 11.6 Å². The van der Waals surface area contributed by atoms with Gasteiger partial charge in [-0.1, -0.05) is 108 Å². The van der Waals surface area contributed by atoms with Crippen LogP contribution in [0.4, 0.5) is 0 Å². The largest absolute Gasteiger partial charge is 0.344 e. The van der Waals surface area contributed by atoms with Crippen LogP contribution in [0.2, 0.25) is 5.02 Å². The molecule has 0 bridgehead atoms. The molecular formula is C29H27ClN2O3S. The van der Waals surface area contributed by atoms with Gasteiger partial charge in [0.1, 0.15) is 0 Å². The Morgan fingerprint density at radius 2 is 1.33 bits per heavy atom. The summed E-state index contributed by atoms with van der Waals surface area (Å²) in [5.41, 5.74) is 3.36. The van der Waals surface area contributed by atoms with E-state index >= 15 is 0 Å². The van der Waals surface area contributed by atoms with Crippen LogP contribution < -0.4 is 5.32 Å². The molecule has 7 heteroatoms. The molecule has 0 heterocycles. The van der Waals surface area contributed by atoms with Gasteiger partial charge in [-0.25, -0.2) is 8.42 Å². The van der Waals surface area contributed by atoms with Gasteiger partial charge in [0.05, 0.1) is 17.5 Å². The zero-order valence-corrected chi connectivity index (χ0v) is 21.4. The predicted molar refractivity (Wildman–Crippen MR) is 143 cm³/mol. The number of nitrogens with zero attached hydrogens (tertiary/aromatic N) is 1. The molecule has 184 valence electrons. The Hall–Kier alpha value is -3.45. The van der Waals surface area contributed by atoms with Gasteiger partial charge >= 0.3 is 0 Å². The van der Waals surface area contributed by atoms with Crippen molar-refractivity contribution in [3.05, 3.63) is 136 Å². The fourth-order valence-electron chi connectivity index (χ4n) is 3.92. The summed E-state index contributed by atoms with van der Waals surface area (Å²) in [4.78, 5) is 13.5. The summed E-state index contributed by atoms with van der Waals surface area (Å²) < 4.78 is 28.4. The highest BCUT2D eigenvalue weighted by Gasteiger charge is 2.28. The van der Waals surface area contributed by atoms with Crippen molar-refractivity contribution in [3.63, 3.8) is 0 Å². The fourth-order valence-corrected chi connectivity index (χ4v) is 5.49. The Bertz CT molecular complexity index is 1370. The SMILES string of the molecule is Cc1ccc(S(=O)(=O)N(CC(=O)NC(c2ccccc2)c2ccccc2)Cc2ccccc2Cl)cc1. The van der Waals surface area contributed by atoms with E-state index in [9.17, 15) is 13.2 Å². The van der Waals surface area contributed by atoms with Crippen molar-refractivity contribution in [1.29, 1.82) is 0 Å². The number of hydrogen-bond acceptors (Lipinski definition) is 3. The van der Waals surface area contributed by atoms with E-state index in [-0.39, 0.29) is 18.0 Å². The third-order valence-electron chi connectivity index (χ3n) is 5.85. The molecule has 4 rings (SSSR count). The van der Waals surface area contributed by atoms with E-state index in [1.165, 1.54) is 4.31 Å². The van der Waals surface area contributed by atoms with E-state index in [2.05, 4.69) is 5.32 Å². The fraction of sp³-hybridized carbons (Fsp3) is 0.138. The zero-order chi connectivity index (χ0) is 25.5. The van der Waals surface area contributed by atoms with Gasteiger partial charge in [-0.2, -0.15) is 4.31 Å². The molecule has 0 aliphatic rings. The topological polar surface area (TPSA) is 66.5 Å². The lowest BCUT2D eigenvalue weighted by Gasteiger charge is -2.25. The van der Waals surface area contributed by atoms with Crippen molar-refractivity contribution in [2.75, 3.05) is 6.54 Å². The number of carbonyl (C=O) groups excluding carboxylic acids is 1. The minimum atomic E-state index is -3.98. The van der Waals surface area contributed by atoms with Gasteiger partial charge in [0.15, 0.2) is 0 Å². The first-order chi connectivity index (χ1) is 17.3. The van der Waals surface area contributed by atoms with Crippen molar-refractivity contribution in [2.45, 2.75) is 24.4 Å². The predicted octanol–water partition coefficient (Wildman–Crippen LogP) is 5.75. The maximum absolute atomic E-state index is 13.6. The number of benzene rings is 4. The normalized spacial score (nSPS) is 11.6. The Kier molecular flexibility index (Phi) is 8.21. The van der Waals surface area contributed by atoms with Crippen molar-refractivity contribution < 1.29 is 13.2 Å². The van der Waals surface area contributed by atoms with E-state index in [1.807, 2.05) is 67.6 Å². The number of amides is 1. The molecular weight excluding hydrogens is 492 g/mol. The molecule has 1 N–H and O–H groups in total. The van der Waals surface area contributed by atoms with E-state index < -0.39 is 22.0 Å². The van der Waals surface area contributed by atoms with E-state index in [0.717, 1.165) is 16.7 Å². The Morgan fingerprint density at radius 3 is 1.89 bits per heavy atom. The van der Waals surface area contributed by atoms with Crippen molar-refractivity contribution in [2.24, 2.45) is 0 Å². The second kappa shape index (κ2) is 11.5. The van der Waals surface area contributed by atoms with Crippen molar-refractivity contribution in [1.82, 2.24) is 9.62 Å². The molecule has 36 heavy (non-hydrogen) atoms. The lowest BCUT2D eigenvalue weighted by atomic mass is 9.99. The number of sulfonamides is 1. The summed E-state index contributed by atoms with van der Waals surface area (Å²) in [5.74, 6) is -0.421. The molecule has 0 fully saturated rings. The van der Waals surface area contributed by atoms with Gasteiger partial charge < -0.3 is 5.32 Å². The Balaban J connectivity index is 1.65. The van der Waals surface area contributed by atoms with Gasteiger partial charge in [0.2, 0.25) is 15.9 Å². The Labute approximate surface area is 217 Å². The molecule has 0 aromatic heterocycles. The first kappa shape index (κ1) is 25.6. The third-order valence-corrected chi connectivity index (χ3v) is 8.03. The van der Waals surface area contributed by atoms with Crippen LogP contribution in [0.15, 0.2) is 114 Å². The third kappa shape index (κ3) is 6.21. The first-order valence-corrected chi connectivity index (χ1v) is 13.4. The first-order valence-electron chi connectivity index (χ1n) is 11.5. The summed E-state index contributed by atoms with van der Waals surface area (Å²) in [6.45, 7) is 1.49. The quantitative estimate of drug-likeness (QED) is 0.307. The van der Waals surface area contributed by atoms with Crippen LogP contribution in [-0.4, -0.2) is 25.2 Å². The van der Waals surface area contributed by atoms with Crippen LogP contribution in [0.5, 0.6) is 0 Å². The molecule has 0 saturated heterocycles. The maximum Gasteiger partial charge on any atom is 0.243 e. The number of rotatable bonds is 9. The van der Waals surface area contributed by atoms with Gasteiger partial charge in [0.25, 0.3) is 0 Å². The lowest BCUT2D eigenvalue weighted by Crippen LogP contribution is -2.41. The molecule has 1 amide bonds. The summed E-state index contributed by atoms with van der Waals surface area (Å²) >= 11 is 6.34. The second-order valence-electron chi connectivity index (χ2n) is 8.50. The molecule has 4 aromatic carbocycles. The van der Waals surface area contributed by atoms with Crippen LogP contribution in [0, 0.1) is 6.92 Å².